The molecule has 0 saturated carbocycles. The number of carbonyl (C=O) groups excluding carboxylic acids is 1. The van der Waals surface area contributed by atoms with Crippen LogP contribution in [0.15, 0.2) is 18.2 Å². The van der Waals surface area contributed by atoms with Crippen molar-refractivity contribution in [2.45, 2.75) is 39.0 Å². The molecular weight excluding hydrogens is 256 g/mol. The van der Waals surface area contributed by atoms with Crippen molar-refractivity contribution in [3.05, 3.63) is 29.3 Å². The van der Waals surface area contributed by atoms with Crippen LogP contribution in [0.5, 0.6) is 5.75 Å². The summed E-state index contributed by atoms with van der Waals surface area (Å²) >= 11 is 0. The standard InChI is InChI=1S/C16H20O4/c1-16(2,15(18)19)9-10-4-7-14(17)12-6-5-11(20-3)8-13(10)12/h5-6,8,10H,4,7,9H2,1-3H3,(H,18,19). The maximum absolute atomic E-state index is 12.0. The number of methoxy groups -OCH3 is 1. The molecule has 108 valence electrons. The second-order valence-corrected chi connectivity index (χ2v) is 6.01. The normalized spacial score (nSPS) is 18.6. The highest BCUT2D eigenvalue weighted by molar-refractivity contribution is 5.99. The summed E-state index contributed by atoms with van der Waals surface area (Å²) < 4.78 is 5.21. The van der Waals surface area contributed by atoms with E-state index in [1.807, 2.05) is 6.07 Å². The zero-order chi connectivity index (χ0) is 14.9. The molecule has 0 aromatic heterocycles. The fraction of sp³-hybridized carbons (Fsp3) is 0.500. The molecule has 1 N–H and O–H groups in total. The van der Waals surface area contributed by atoms with Crippen molar-refractivity contribution >= 4 is 11.8 Å². The fourth-order valence-electron chi connectivity index (χ4n) is 2.77. The largest absolute Gasteiger partial charge is 0.497 e. The van der Waals surface area contributed by atoms with E-state index in [9.17, 15) is 14.7 Å². The van der Waals surface area contributed by atoms with E-state index in [-0.39, 0.29) is 11.7 Å². The molecule has 0 amide bonds. The lowest BCUT2D eigenvalue weighted by Gasteiger charge is -2.30. The average Bonchev–Trinajstić information content (AvgIpc) is 2.41. The minimum Gasteiger partial charge on any atom is -0.497 e. The predicted molar refractivity (Wildman–Crippen MR) is 75.3 cm³/mol. The van der Waals surface area contributed by atoms with Crippen LogP contribution in [0.1, 0.15) is 54.9 Å². The van der Waals surface area contributed by atoms with Crippen molar-refractivity contribution in [2.24, 2.45) is 5.41 Å². The Labute approximate surface area is 118 Å². The Kier molecular flexibility index (Phi) is 3.84. The lowest BCUT2D eigenvalue weighted by atomic mass is 9.73. The summed E-state index contributed by atoms with van der Waals surface area (Å²) in [7, 11) is 1.59. The number of fused-ring (bicyclic) bond motifs is 1. The Morgan fingerprint density at radius 1 is 1.45 bits per heavy atom. The van der Waals surface area contributed by atoms with E-state index in [0.29, 0.717) is 30.6 Å². The first kappa shape index (κ1) is 14.6. The van der Waals surface area contributed by atoms with Crippen LogP contribution in [0, 0.1) is 5.41 Å². The summed E-state index contributed by atoms with van der Waals surface area (Å²) in [4.78, 5) is 23.3. The zero-order valence-corrected chi connectivity index (χ0v) is 12.1. The van der Waals surface area contributed by atoms with Gasteiger partial charge in [0.2, 0.25) is 0 Å². The van der Waals surface area contributed by atoms with Crippen LogP contribution in [-0.2, 0) is 4.79 Å². The van der Waals surface area contributed by atoms with Gasteiger partial charge in [-0.2, -0.15) is 0 Å². The topological polar surface area (TPSA) is 63.6 Å². The molecule has 1 unspecified atom stereocenters. The average molecular weight is 276 g/mol. The van der Waals surface area contributed by atoms with E-state index in [1.54, 1.807) is 33.1 Å². The van der Waals surface area contributed by atoms with Crippen molar-refractivity contribution in [3.8, 4) is 5.75 Å². The van der Waals surface area contributed by atoms with Gasteiger partial charge in [0.05, 0.1) is 12.5 Å². The molecular formula is C16H20O4. The number of hydrogen-bond donors (Lipinski definition) is 1. The van der Waals surface area contributed by atoms with Gasteiger partial charge in [-0.05, 0) is 56.4 Å². The van der Waals surface area contributed by atoms with E-state index in [4.69, 9.17) is 4.74 Å². The molecule has 1 aliphatic rings. The molecule has 0 heterocycles. The maximum atomic E-state index is 12.0. The Balaban J connectivity index is 2.37. The maximum Gasteiger partial charge on any atom is 0.309 e. The third kappa shape index (κ3) is 2.69. The van der Waals surface area contributed by atoms with Crippen molar-refractivity contribution in [2.75, 3.05) is 7.11 Å². The first-order valence-electron chi connectivity index (χ1n) is 6.79. The first-order chi connectivity index (χ1) is 9.35. The number of Topliss-reactive ketones (excluding diaryl/α,β-unsaturated/α-hetero) is 1. The van der Waals surface area contributed by atoms with Gasteiger partial charge in [0.1, 0.15) is 5.75 Å². The number of aliphatic carboxylic acids is 1. The fourth-order valence-corrected chi connectivity index (χ4v) is 2.77. The van der Waals surface area contributed by atoms with E-state index in [1.165, 1.54) is 0 Å². The van der Waals surface area contributed by atoms with Crippen LogP contribution in [0.2, 0.25) is 0 Å². The van der Waals surface area contributed by atoms with Crippen LogP contribution >= 0.6 is 0 Å². The summed E-state index contributed by atoms with van der Waals surface area (Å²) in [5.74, 6) is 0.117. The van der Waals surface area contributed by atoms with Gasteiger partial charge in [0.15, 0.2) is 5.78 Å². The van der Waals surface area contributed by atoms with E-state index in [2.05, 4.69) is 0 Å². The number of benzene rings is 1. The van der Waals surface area contributed by atoms with Gasteiger partial charge in [0, 0.05) is 12.0 Å². The molecule has 4 nitrogen and oxygen atoms in total. The highest BCUT2D eigenvalue weighted by Gasteiger charge is 2.35. The molecule has 1 aromatic carbocycles. The molecule has 0 aliphatic heterocycles. The highest BCUT2D eigenvalue weighted by Crippen LogP contribution is 2.41. The number of hydrogen-bond acceptors (Lipinski definition) is 3. The van der Waals surface area contributed by atoms with Crippen LogP contribution in [0.3, 0.4) is 0 Å². The van der Waals surface area contributed by atoms with Gasteiger partial charge >= 0.3 is 5.97 Å². The number of carboxylic acids is 1. The number of carboxylic acid groups (broad SMARTS) is 1. The molecule has 1 aromatic rings. The third-order valence-electron chi connectivity index (χ3n) is 4.05. The molecule has 0 saturated heterocycles. The quantitative estimate of drug-likeness (QED) is 0.916. The molecule has 20 heavy (non-hydrogen) atoms. The monoisotopic (exact) mass is 276 g/mol. The van der Waals surface area contributed by atoms with Crippen molar-refractivity contribution in [1.29, 1.82) is 0 Å². The number of rotatable bonds is 4. The molecule has 0 spiro atoms. The van der Waals surface area contributed by atoms with Gasteiger partial charge in [0.25, 0.3) is 0 Å². The Bertz CT molecular complexity index is 545. The van der Waals surface area contributed by atoms with E-state index < -0.39 is 11.4 Å². The van der Waals surface area contributed by atoms with Crippen LogP contribution < -0.4 is 4.74 Å². The van der Waals surface area contributed by atoms with Gasteiger partial charge in [-0.15, -0.1) is 0 Å². The Morgan fingerprint density at radius 3 is 2.75 bits per heavy atom. The summed E-state index contributed by atoms with van der Waals surface area (Å²) in [5, 5.41) is 9.28. The minimum atomic E-state index is -0.807. The second kappa shape index (κ2) is 5.27. The molecule has 4 heteroatoms. The Hall–Kier alpha value is -1.84. The van der Waals surface area contributed by atoms with Crippen LogP contribution in [-0.4, -0.2) is 24.0 Å². The molecule has 1 atom stereocenters. The lowest BCUT2D eigenvalue weighted by molar-refractivity contribution is -0.147. The Morgan fingerprint density at radius 2 is 2.15 bits per heavy atom. The van der Waals surface area contributed by atoms with E-state index in [0.717, 1.165) is 5.56 Å². The SMILES string of the molecule is COc1ccc2c(c1)C(CC(C)(C)C(=O)O)CCC2=O. The smallest absolute Gasteiger partial charge is 0.309 e. The third-order valence-corrected chi connectivity index (χ3v) is 4.05. The molecule has 0 bridgehead atoms. The molecule has 0 fully saturated rings. The first-order valence-corrected chi connectivity index (χ1v) is 6.79. The number of carbonyl (C=O) groups is 2. The van der Waals surface area contributed by atoms with E-state index >= 15 is 0 Å². The summed E-state index contributed by atoms with van der Waals surface area (Å²) in [6.45, 7) is 3.46. The molecule has 0 radical (unpaired) electrons. The lowest BCUT2D eigenvalue weighted by Crippen LogP contribution is -2.28. The second-order valence-electron chi connectivity index (χ2n) is 6.01. The number of ketones is 1. The minimum absolute atomic E-state index is 0.0869. The van der Waals surface area contributed by atoms with Gasteiger partial charge in [-0.25, -0.2) is 0 Å². The van der Waals surface area contributed by atoms with Crippen molar-refractivity contribution in [1.82, 2.24) is 0 Å². The summed E-state index contributed by atoms with van der Waals surface area (Å²) in [5.41, 5.74) is 0.837. The van der Waals surface area contributed by atoms with Gasteiger partial charge in [-0.1, -0.05) is 0 Å². The molecule has 2 rings (SSSR count). The van der Waals surface area contributed by atoms with Crippen molar-refractivity contribution in [3.63, 3.8) is 0 Å². The van der Waals surface area contributed by atoms with Crippen LogP contribution in [0.25, 0.3) is 0 Å². The van der Waals surface area contributed by atoms with Crippen molar-refractivity contribution < 1.29 is 19.4 Å². The summed E-state index contributed by atoms with van der Waals surface area (Å²) in [6.07, 6.45) is 1.71. The highest BCUT2D eigenvalue weighted by atomic mass is 16.5. The zero-order valence-electron chi connectivity index (χ0n) is 12.1. The summed E-state index contributed by atoms with van der Waals surface area (Å²) in [6, 6.07) is 5.44. The molecule has 1 aliphatic carbocycles. The van der Waals surface area contributed by atoms with Gasteiger partial charge < -0.3 is 9.84 Å². The number of ether oxygens (including phenoxy) is 1. The van der Waals surface area contributed by atoms with Gasteiger partial charge in [-0.3, -0.25) is 9.59 Å². The predicted octanol–water partition coefficient (Wildman–Crippen LogP) is 3.26. The van der Waals surface area contributed by atoms with Crippen LogP contribution in [0.4, 0.5) is 0 Å².